The van der Waals surface area contributed by atoms with Crippen LogP contribution in [0.5, 0.6) is 0 Å². The minimum Gasteiger partial charge on any atom is -0.314 e. The maximum atomic E-state index is 3.54. The van der Waals surface area contributed by atoms with Crippen molar-refractivity contribution in [3.05, 3.63) is 0 Å². The summed E-state index contributed by atoms with van der Waals surface area (Å²) in [6, 6.07) is 2.77. The van der Waals surface area contributed by atoms with Crippen LogP contribution in [0.3, 0.4) is 0 Å². The van der Waals surface area contributed by atoms with E-state index in [1.54, 1.807) is 0 Å². The zero-order chi connectivity index (χ0) is 7.97. The van der Waals surface area contributed by atoms with Gasteiger partial charge in [-0.15, -0.1) is 0 Å². The maximum absolute atomic E-state index is 3.54. The van der Waals surface area contributed by atoms with Crippen LogP contribution in [0.15, 0.2) is 0 Å². The highest BCUT2D eigenvalue weighted by Gasteiger charge is 2.41. The van der Waals surface area contributed by atoms with Crippen molar-refractivity contribution < 1.29 is 0 Å². The molecule has 0 aromatic rings. The van der Waals surface area contributed by atoms with Gasteiger partial charge in [-0.3, -0.25) is 4.90 Å². The van der Waals surface area contributed by atoms with E-state index in [9.17, 15) is 0 Å². The molecule has 2 nitrogen and oxygen atoms in total. The SMILES string of the molecule is C1CC(N2[C@@H]3CC[C@H]2CNC3)C1. The molecule has 2 bridgehead atoms. The molecule has 1 aliphatic carbocycles. The summed E-state index contributed by atoms with van der Waals surface area (Å²) in [5.74, 6) is 0. The third-order valence-corrected chi connectivity index (χ3v) is 3.93. The Morgan fingerprint density at radius 2 is 1.50 bits per heavy atom. The minimum absolute atomic E-state index is 0.897. The number of fused-ring (bicyclic) bond motifs is 2. The molecule has 2 heterocycles. The molecule has 2 heteroatoms. The van der Waals surface area contributed by atoms with Crippen molar-refractivity contribution in [2.45, 2.75) is 50.2 Å². The summed E-state index contributed by atoms with van der Waals surface area (Å²) in [6.45, 7) is 2.51. The molecule has 1 N–H and O–H groups in total. The molecule has 2 saturated heterocycles. The lowest BCUT2D eigenvalue weighted by Gasteiger charge is -2.45. The Labute approximate surface area is 74.3 Å². The van der Waals surface area contributed by atoms with E-state index in [0.29, 0.717) is 0 Å². The van der Waals surface area contributed by atoms with Gasteiger partial charge in [-0.05, 0) is 25.7 Å². The molecule has 0 radical (unpaired) electrons. The zero-order valence-corrected chi connectivity index (χ0v) is 7.63. The van der Waals surface area contributed by atoms with Crippen LogP contribution in [0.1, 0.15) is 32.1 Å². The molecule has 0 unspecified atom stereocenters. The van der Waals surface area contributed by atoms with Crippen molar-refractivity contribution in [3.63, 3.8) is 0 Å². The molecule has 12 heavy (non-hydrogen) atoms. The quantitative estimate of drug-likeness (QED) is 0.624. The van der Waals surface area contributed by atoms with E-state index in [1.807, 2.05) is 0 Å². The second-order valence-electron chi connectivity index (χ2n) is 4.58. The monoisotopic (exact) mass is 166 g/mol. The van der Waals surface area contributed by atoms with Gasteiger partial charge in [-0.1, -0.05) is 6.42 Å². The van der Waals surface area contributed by atoms with E-state index in [4.69, 9.17) is 0 Å². The number of nitrogens with zero attached hydrogens (tertiary/aromatic N) is 1. The fraction of sp³-hybridized carbons (Fsp3) is 1.00. The largest absolute Gasteiger partial charge is 0.314 e. The normalized spacial score (nSPS) is 43.0. The summed E-state index contributed by atoms with van der Waals surface area (Å²) in [5.41, 5.74) is 0. The topological polar surface area (TPSA) is 15.3 Å². The summed E-state index contributed by atoms with van der Waals surface area (Å²) in [7, 11) is 0. The second kappa shape index (κ2) is 2.71. The average molecular weight is 166 g/mol. The van der Waals surface area contributed by atoms with Gasteiger partial charge in [-0.2, -0.15) is 0 Å². The first-order valence-electron chi connectivity index (χ1n) is 5.43. The van der Waals surface area contributed by atoms with Crippen molar-refractivity contribution >= 4 is 0 Å². The zero-order valence-electron chi connectivity index (χ0n) is 7.63. The minimum atomic E-state index is 0.897. The lowest BCUT2D eigenvalue weighted by Crippen LogP contribution is -2.57. The Bertz CT molecular complexity index is 161. The highest BCUT2D eigenvalue weighted by Crippen LogP contribution is 2.35. The molecule has 2 atom stereocenters. The molecule has 3 rings (SSSR count). The molecule has 2 aliphatic heterocycles. The van der Waals surface area contributed by atoms with Crippen molar-refractivity contribution in [2.75, 3.05) is 13.1 Å². The van der Waals surface area contributed by atoms with Crippen LogP contribution in [0.4, 0.5) is 0 Å². The molecular formula is C10H18N2. The maximum Gasteiger partial charge on any atom is 0.0227 e. The lowest BCUT2D eigenvalue weighted by atomic mass is 9.89. The predicted molar refractivity (Wildman–Crippen MR) is 49.2 cm³/mol. The Balaban J connectivity index is 1.75. The fourth-order valence-corrected chi connectivity index (χ4v) is 3.09. The smallest absolute Gasteiger partial charge is 0.0227 e. The summed E-state index contributed by atoms with van der Waals surface area (Å²) in [6.07, 6.45) is 7.34. The van der Waals surface area contributed by atoms with Gasteiger partial charge in [0.15, 0.2) is 0 Å². The average Bonchev–Trinajstić information content (AvgIpc) is 2.28. The van der Waals surface area contributed by atoms with E-state index in [-0.39, 0.29) is 0 Å². The van der Waals surface area contributed by atoms with Crippen LogP contribution < -0.4 is 5.32 Å². The van der Waals surface area contributed by atoms with Gasteiger partial charge < -0.3 is 5.32 Å². The molecule has 3 fully saturated rings. The summed E-state index contributed by atoms with van der Waals surface area (Å²) >= 11 is 0. The van der Waals surface area contributed by atoms with E-state index in [1.165, 1.54) is 45.2 Å². The predicted octanol–water partition coefficient (Wildman–Crippen LogP) is 0.975. The van der Waals surface area contributed by atoms with Crippen LogP contribution in [0.2, 0.25) is 0 Å². The number of hydrogen-bond donors (Lipinski definition) is 1. The third-order valence-electron chi connectivity index (χ3n) is 3.93. The molecular weight excluding hydrogens is 148 g/mol. The Morgan fingerprint density at radius 1 is 0.833 bits per heavy atom. The van der Waals surface area contributed by atoms with E-state index >= 15 is 0 Å². The molecule has 0 aromatic heterocycles. The fourth-order valence-electron chi connectivity index (χ4n) is 3.09. The van der Waals surface area contributed by atoms with Crippen LogP contribution in [-0.2, 0) is 0 Å². The molecule has 1 saturated carbocycles. The van der Waals surface area contributed by atoms with Crippen molar-refractivity contribution in [3.8, 4) is 0 Å². The van der Waals surface area contributed by atoms with Crippen LogP contribution >= 0.6 is 0 Å². The summed E-state index contributed by atoms with van der Waals surface area (Å²) in [4.78, 5) is 2.83. The van der Waals surface area contributed by atoms with Gasteiger partial charge in [-0.25, -0.2) is 0 Å². The van der Waals surface area contributed by atoms with Crippen molar-refractivity contribution in [1.82, 2.24) is 10.2 Å². The third kappa shape index (κ3) is 0.944. The van der Waals surface area contributed by atoms with Crippen molar-refractivity contribution in [2.24, 2.45) is 0 Å². The Morgan fingerprint density at radius 3 is 2.00 bits per heavy atom. The van der Waals surface area contributed by atoms with E-state index in [2.05, 4.69) is 10.2 Å². The van der Waals surface area contributed by atoms with Crippen LogP contribution in [0, 0.1) is 0 Å². The second-order valence-corrected chi connectivity index (χ2v) is 4.58. The molecule has 68 valence electrons. The van der Waals surface area contributed by atoms with Crippen LogP contribution in [-0.4, -0.2) is 36.1 Å². The molecule has 0 aromatic carbocycles. The first-order valence-corrected chi connectivity index (χ1v) is 5.43. The van der Waals surface area contributed by atoms with Gasteiger partial charge in [0.2, 0.25) is 0 Å². The summed E-state index contributed by atoms with van der Waals surface area (Å²) in [5, 5.41) is 3.54. The number of rotatable bonds is 1. The number of piperazine rings is 1. The van der Waals surface area contributed by atoms with Gasteiger partial charge in [0, 0.05) is 31.2 Å². The molecule has 0 amide bonds. The van der Waals surface area contributed by atoms with Gasteiger partial charge in [0.25, 0.3) is 0 Å². The summed E-state index contributed by atoms with van der Waals surface area (Å²) < 4.78 is 0. The highest BCUT2D eigenvalue weighted by atomic mass is 15.3. The van der Waals surface area contributed by atoms with Gasteiger partial charge in [0.1, 0.15) is 0 Å². The number of nitrogens with one attached hydrogen (secondary N) is 1. The Hall–Kier alpha value is -0.0800. The highest BCUT2D eigenvalue weighted by molar-refractivity contribution is 4.99. The molecule has 3 aliphatic rings. The van der Waals surface area contributed by atoms with Gasteiger partial charge >= 0.3 is 0 Å². The Kier molecular flexibility index (Phi) is 1.66. The van der Waals surface area contributed by atoms with Crippen LogP contribution in [0.25, 0.3) is 0 Å². The van der Waals surface area contributed by atoms with Crippen molar-refractivity contribution in [1.29, 1.82) is 0 Å². The van der Waals surface area contributed by atoms with E-state index < -0.39 is 0 Å². The van der Waals surface area contributed by atoms with E-state index in [0.717, 1.165) is 18.1 Å². The van der Waals surface area contributed by atoms with Gasteiger partial charge in [0.05, 0.1) is 0 Å². The first kappa shape index (κ1) is 7.34. The lowest BCUT2D eigenvalue weighted by molar-refractivity contribution is 0.0539. The number of hydrogen-bond acceptors (Lipinski definition) is 2. The molecule has 0 spiro atoms. The first-order chi connectivity index (χ1) is 5.95. The standard InChI is InChI=1S/C10H18N2/c1-2-8(3-1)12-9-4-5-10(12)7-11-6-9/h8-11H,1-7H2/t9-,10+.